The minimum atomic E-state index is -0.593. The smallest absolute Gasteiger partial charge is 0.319 e. The third kappa shape index (κ3) is 11.4. The molecule has 168 valence electrons. The molecule has 0 aromatic heterocycles. The first-order valence-electron chi connectivity index (χ1n) is 10.7. The predicted octanol–water partition coefficient (Wildman–Crippen LogP) is 3.17. The minimum absolute atomic E-state index is 0.00693. The van der Waals surface area contributed by atoms with Gasteiger partial charge in [-0.25, -0.2) is 9.59 Å². The van der Waals surface area contributed by atoms with Gasteiger partial charge < -0.3 is 26.4 Å². The molecule has 30 heavy (non-hydrogen) atoms. The molecule has 0 aliphatic heterocycles. The number of nitrogens with one attached hydrogen (secondary N) is 4. The average molecular weight is 421 g/mol. The van der Waals surface area contributed by atoms with Crippen molar-refractivity contribution in [2.75, 3.05) is 11.9 Å². The van der Waals surface area contributed by atoms with Crippen molar-refractivity contribution in [1.29, 1.82) is 0 Å². The number of hydrogen-bond acceptors (Lipinski definition) is 4. The number of hydrogen-bond donors (Lipinski definition) is 5. The molecule has 8 heteroatoms. The number of urea groups is 2. The second-order valence-corrected chi connectivity index (χ2v) is 7.56. The van der Waals surface area contributed by atoms with Crippen LogP contribution in [-0.4, -0.2) is 47.7 Å². The molecule has 0 aliphatic carbocycles. The van der Waals surface area contributed by atoms with Gasteiger partial charge in [0.25, 0.3) is 0 Å². The second kappa shape index (κ2) is 14.4. The number of unbranched alkanes of at least 4 members (excludes halogenated alkanes) is 1. The van der Waals surface area contributed by atoms with Crippen LogP contribution in [0, 0.1) is 0 Å². The number of carbonyl (C=O) groups is 3. The van der Waals surface area contributed by atoms with Crippen LogP contribution in [0.3, 0.4) is 0 Å². The van der Waals surface area contributed by atoms with Gasteiger partial charge in [0.15, 0.2) is 5.78 Å². The number of ketones is 1. The lowest BCUT2D eigenvalue weighted by atomic mass is 10.1. The van der Waals surface area contributed by atoms with Crippen molar-refractivity contribution in [3.8, 4) is 0 Å². The molecule has 0 bridgehead atoms. The van der Waals surface area contributed by atoms with E-state index < -0.39 is 12.1 Å². The molecule has 8 nitrogen and oxygen atoms in total. The van der Waals surface area contributed by atoms with Crippen LogP contribution >= 0.6 is 0 Å². The van der Waals surface area contributed by atoms with Crippen molar-refractivity contribution in [3.05, 3.63) is 30.3 Å². The molecule has 0 saturated heterocycles. The van der Waals surface area contributed by atoms with Crippen molar-refractivity contribution >= 4 is 23.5 Å². The van der Waals surface area contributed by atoms with Crippen molar-refractivity contribution < 1.29 is 19.5 Å². The lowest BCUT2D eigenvalue weighted by Crippen LogP contribution is -2.48. The van der Waals surface area contributed by atoms with Crippen LogP contribution in [0.25, 0.3) is 0 Å². The maximum Gasteiger partial charge on any atom is 0.319 e. The Morgan fingerprint density at radius 3 is 2.27 bits per heavy atom. The average Bonchev–Trinajstić information content (AvgIpc) is 2.70. The highest BCUT2D eigenvalue weighted by Gasteiger charge is 2.19. The van der Waals surface area contributed by atoms with E-state index in [0.29, 0.717) is 19.4 Å². The fraction of sp³-hybridized carbons (Fsp3) is 0.591. The van der Waals surface area contributed by atoms with Gasteiger partial charge in [0, 0.05) is 18.3 Å². The molecule has 1 aromatic carbocycles. The van der Waals surface area contributed by atoms with Crippen LogP contribution in [0.4, 0.5) is 15.3 Å². The zero-order valence-electron chi connectivity index (χ0n) is 18.2. The second-order valence-electron chi connectivity index (χ2n) is 7.56. The maximum absolute atomic E-state index is 12.2. The number of amides is 4. The van der Waals surface area contributed by atoms with E-state index in [1.54, 1.807) is 6.92 Å². The van der Waals surface area contributed by atoms with Crippen molar-refractivity contribution in [2.45, 2.75) is 77.5 Å². The van der Waals surface area contributed by atoms with E-state index in [-0.39, 0.29) is 23.9 Å². The summed E-state index contributed by atoms with van der Waals surface area (Å²) in [6.07, 6.45) is 3.55. The SMILES string of the molecule is CCC(CCCCNC(=O)Nc1ccccc1)NC(=O)NC(CCC(C)O)C(C)=O. The largest absolute Gasteiger partial charge is 0.393 e. The first-order valence-corrected chi connectivity index (χ1v) is 10.7. The highest BCUT2D eigenvalue weighted by atomic mass is 16.3. The van der Waals surface area contributed by atoms with Crippen molar-refractivity contribution in [2.24, 2.45) is 0 Å². The summed E-state index contributed by atoms with van der Waals surface area (Å²) >= 11 is 0. The molecule has 4 amide bonds. The van der Waals surface area contributed by atoms with Gasteiger partial charge in [-0.1, -0.05) is 25.1 Å². The monoisotopic (exact) mass is 420 g/mol. The Balaban J connectivity index is 2.25. The van der Waals surface area contributed by atoms with Gasteiger partial charge >= 0.3 is 12.1 Å². The summed E-state index contributed by atoms with van der Waals surface area (Å²) in [7, 11) is 0. The molecule has 0 fully saturated rings. The fourth-order valence-electron chi connectivity index (χ4n) is 2.96. The number of carbonyl (C=O) groups excluding carboxylic acids is 3. The third-order valence-electron chi connectivity index (χ3n) is 4.79. The van der Waals surface area contributed by atoms with E-state index in [1.165, 1.54) is 6.92 Å². The molecule has 0 spiro atoms. The summed E-state index contributed by atoms with van der Waals surface area (Å²) in [4.78, 5) is 35.8. The van der Waals surface area contributed by atoms with Crippen LogP contribution < -0.4 is 21.3 Å². The number of Topliss-reactive ketones (excluding diaryl/α,β-unsaturated/α-hetero) is 1. The Hall–Kier alpha value is -2.61. The molecule has 1 aromatic rings. The summed E-state index contributed by atoms with van der Waals surface area (Å²) in [6.45, 7) is 5.63. The van der Waals surface area contributed by atoms with E-state index >= 15 is 0 Å². The Morgan fingerprint density at radius 1 is 0.967 bits per heavy atom. The number of aliphatic hydroxyl groups excluding tert-OH is 1. The van der Waals surface area contributed by atoms with E-state index in [2.05, 4.69) is 21.3 Å². The molecule has 3 unspecified atom stereocenters. The van der Waals surface area contributed by atoms with Gasteiger partial charge in [-0.15, -0.1) is 0 Å². The summed E-state index contributed by atoms with van der Waals surface area (Å²) in [6, 6.07) is 8.04. The molecular formula is C22H36N4O4. The Labute approximate surface area is 179 Å². The highest BCUT2D eigenvalue weighted by molar-refractivity contribution is 5.89. The zero-order valence-corrected chi connectivity index (χ0v) is 18.2. The van der Waals surface area contributed by atoms with Gasteiger partial charge in [-0.05, 0) is 64.5 Å². The quantitative estimate of drug-likeness (QED) is 0.315. The topological polar surface area (TPSA) is 120 Å². The minimum Gasteiger partial charge on any atom is -0.393 e. The molecule has 0 heterocycles. The van der Waals surface area contributed by atoms with Crippen LogP contribution in [0.5, 0.6) is 0 Å². The van der Waals surface area contributed by atoms with E-state index in [0.717, 1.165) is 31.4 Å². The molecule has 0 radical (unpaired) electrons. The van der Waals surface area contributed by atoms with Gasteiger partial charge in [-0.3, -0.25) is 4.79 Å². The number of benzene rings is 1. The lowest BCUT2D eigenvalue weighted by Gasteiger charge is -2.21. The number of rotatable bonds is 13. The molecule has 3 atom stereocenters. The van der Waals surface area contributed by atoms with Gasteiger partial charge in [-0.2, -0.15) is 0 Å². The lowest BCUT2D eigenvalue weighted by molar-refractivity contribution is -0.119. The maximum atomic E-state index is 12.2. The molecule has 5 N–H and O–H groups in total. The highest BCUT2D eigenvalue weighted by Crippen LogP contribution is 2.07. The molecule has 0 aliphatic rings. The Morgan fingerprint density at radius 2 is 1.67 bits per heavy atom. The van der Waals surface area contributed by atoms with Gasteiger partial charge in [0.2, 0.25) is 0 Å². The normalized spacial score (nSPS) is 13.6. The molecule has 0 saturated carbocycles. The van der Waals surface area contributed by atoms with E-state index in [4.69, 9.17) is 0 Å². The summed E-state index contributed by atoms with van der Waals surface area (Å²) in [5.74, 6) is -0.126. The summed E-state index contributed by atoms with van der Waals surface area (Å²) in [5, 5.41) is 20.6. The van der Waals surface area contributed by atoms with Crippen molar-refractivity contribution in [3.63, 3.8) is 0 Å². The van der Waals surface area contributed by atoms with Crippen LogP contribution in [-0.2, 0) is 4.79 Å². The number of para-hydroxylation sites is 1. The number of anilines is 1. The summed E-state index contributed by atoms with van der Waals surface area (Å²) in [5.41, 5.74) is 0.744. The van der Waals surface area contributed by atoms with Gasteiger partial charge in [0.1, 0.15) is 0 Å². The molecular weight excluding hydrogens is 384 g/mol. The van der Waals surface area contributed by atoms with Crippen LogP contribution in [0.15, 0.2) is 30.3 Å². The third-order valence-corrected chi connectivity index (χ3v) is 4.79. The Bertz CT molecular complexity index is 652. The first kappa shape index (κ1) is 25.4. The summed E-state index contributed by atoms with van der Waals surface area (Å²) < 4.78 is 0. The number of aliphatic hydroxyl groups is 1. The predicted molar refractivity (Wildman–Crippen MR) is 118 cm³/mol. The van der Waals surface area contributed by atoms with Crippen LogP contribution in [0.1, 0.15) is 59.3 Å². The first-order chi connectivity index (χ1) is 14.3. The zero-order chi connectivity index (χ0) is 22.4. The fourth-order valence-corrected chi connectivity index (χ4v) is 2.96. The van der Waals surface area contributed by atoms with Crippen molar-refractivity contribution in [1.82, 2.24) is 16.0 Å². The van der Waals surface area contributed by atoms with E-state index in [9.17, 15) is 19.5 Å². The van der Waals surface area contributed by atoms with Gasteiger partial charge in [0.05, 0.1) is 12.1 Å². The molecule has 1 rings (SSSR count). The standard InChI is InChI=1S/C22H36N4O4/c1-4-18(24-22(30)26-20(17(3)28)14-13-16(2)27)10-8-9-15-23-21(29)25-19-11-6-5-7-12-19/h5-7,11-12,16,18,20,27H,4,8-10,13-15H2,1-3H3,(H2,23,25,29)(H2,24,26,30). The Kier molecular flexibility index (Phi) is 12.2. The van der Waals surface area contributed by atoms with E-state index in [1.807, 2.05) is 37.3 Å². The van der Waals surface area contributed by atoms with Crippen LogP contribution in [0.2, 0.25) is 0 Å².